The molecule has 1 N–H and O–H groups in total. The van der Waals surface area contributed by atoms with Crippen molar-refractivity contribution in [3.63, 3.8) is 0 Å². The molecule has 0 rings (SSSR count). The number of phosphoric acid groups is 1. The fraction of sp³-hybridized carbons (Fsp3) is 0. The molecule has 0 aromatic rings. The van der Waals surface area contributed by atoms with Crippen molar-refractivity contribution in [3.8, 4) is 0 Å². The van der Waals surface area contributed by atoms with Gasteiger partial charge in [-0.15, -0.1) is 0 Å². The van der Waals surface area contributed by atoms with E-state index in [0.29, 0.717) is 0 Å². The number of hydrogen-bond donors (Lipinski definition) is 1. The van der Waals surface area contributed by atoms with E-state index < -0.39 is 7.82 Å². The fourth-order valence-corrected chi connectivity index (χ4v) is 0. The Morgan fingerprint density at radius 2 is 0.583 bits per heavy atom. The van der Waals surface area contributed by atoms with Gasteiger partial charge in [-0.05, 0) is 0 Å². The molecule has 0 aliphatic carbocycles. The van der Waals surface area contributed by atoms with Gasteiger partial charge >= 0.3 is 325 Å². The topological polar surface area (TPSA) is 226 Å². The standard InChI is InChI=1S/6CN.Fe.6K.H3O4P.H/c6*1-2;;;;;;;;1-5(2,3)4;/h;;;;;;;;;;;;;(H3,1,2,3,4);/q6*-1;+3;6*+1;;-1/p-2. The van der Waals surface area contributed by atoms with Gasteiger partial charge in [-0.2, -0.15) is 0 Å². The molecule has 1 radical (unpaired) electrons. The van der Waals surface area contributed by atoms with Gasteiger partial charge in [-0.25, -0.2) is 0 Å². The second-order valence-electron chi connectivity index (χ2n) is 0.469. The zero-order valence-electron chi connectivity index (χ0n) is 15.2. The van der Waals surface area contributed by atoms with E-state index in [1.807, 2.05) is 0 Å². The second-order valence-corrected chi connectivity index (χ2v) is 1.41. The Hall–Kier alpha value is 7.39. The first-order valence-corrected chi connectivity index (χ1v) is 3.58. The predicted octanol–water partition coefficient (Wildman–Crippen LogP) is -19.5. The monoisotopic (exact) mass is 543 g/mol. The Labute approximate surface area is 411 Å². The fourth-order valence-electron chi connectivity index (χ4n) is 0. The summed E-state index contributed by atoms with van der Waals surface area (Å²) in [4.78, 5) is 24.3. The van der Waals surface area contributed by atoms with Crippen molar-refractivity contribution in [3.05, 3.63) is 39.4 Å². The van der Waals surface area contributed by atoms with Gasteiger partial charge in [0.1, 0.15) is 0 Å². The molecule has 0 aliphatic heterocycles. The number of rotatable bonds is 0. The summed E-state index contributed by atoms with van der Waals surface area (Å²) in [7, 11) is -5.14. The maximum absolute atomic E-state index is 8.66. The van der Waals surface area contributed by atoms with Crippen molar-refractivity contribution in [2.45, 2.75) is 0 Å². The molecule has 18 heteroatoms. The van der Waals surface area contributed by atoms with Crippen LogP contribution in [-0.2, 0) is 21.6 Å². The Kier molecular flexibility index (Phi) is 585. The largest absolute Gasteiger partial charge is 3.00 e. The van der Waals surface area contributed by atoms with Gasteiger partial charge < -0.3 is 91.7 Å². The van der Waals surface area contributed by atoms with Gasteiger partial charge in [0.05, 0.1) is 7.82 Å². The molecule has 0 bridgehead atoms. The first-order chi connectivity index (χ1) is 8.00. The van der Waals surface area contributed by atoms with Crippen LogP contribution in [0.1, 0.15) is 1.43 Å². The molecule has 10 nitrogen and oxygen atoms in total. The van der Waals surface area contributed by atoms with Crippen LogP contribution in [0.5, 0.6) is 0 Å². The molecular formula is C6H2FeK6N6O4P. The first-order valence-electron chi connectivity index (χ1n) is 2.09. The number of hydrogen-bond acceptors (Lipinski definition) is 9. The van der Waals surface area contributed by atoms with Crippen molar-refractivity contribution in [2.75, 3.05) is 0 Å². The van der Waals surface area contributed by atoms with E-state index in [4.69, 9.17) is 90.2 Å². The molecule has 0 aromatic heterocycles. The summed E-state index contributed by atoms with van der Waals surface area (Å²) in [6, 6.07) is 0. The Morgan fingerprint density at radius 3 is 0.583 bits per heavy atom. The van der Waals surface area contributed by atoms with Crippen molar-refractivity contribution in [1.82, 2.24) is 0 Å². The minimum absolute atomic E-state index is 0. The number of nitrogens with zero attached hydrogens (tertiary/aromatic N) is 6. The van der Waals surface area contributed by atoms with Crippen molar-refractivity contribution >= 4 is 7.82 Å². The SMILES string of the molecule is O=P([O-])([O-])O.[C-]#N.[C-]#N.[C-]#N.[C-]#N.[C-]#N.[C-]#N.[Fe+3].[H-].[K+].[K+].[K+].[K+].[K+].[K+]. The third-order valence-electron chi connectivity index (χ3n) is 0. The van der Waals surface area contributed by atoms with Gasteiger partial charge in [0, 0.05) is 0 Å². The van der Waals surface area contributed by atoms with E-state index in [9.17, 15) is 0 Å². The molecule has 0 atom stereocenters. The molecule has 0 aromatic carbocycles. The third kappa shape index (κ3) is 434. The van der Waals surface area contributed by atoms with E-state index >= 15 is 0 Å². The molecule has 0 spiro atoms. The Bertz CT molecular complexity index is 235. The molecule has 0 heterocycles. The van der Waals surface area contributed by atoms with Gasteiger partial charge in [-0.1, -0.05) is 0 Å². The van der Waals surface area contributed by atoms with E-state index in [1.165, 1.54) is 0 Å². The van der Waals surface area contributed by atoms with Gasteiger partial charge in [0.25, 0.3) is 0 Å². The quantitative estimate of drug-likeness (QED) is 0.172. The maximum Gasteiger partial charge on any atom is 3.00 e. The zero-order valence-corrected chi connectivity index (χ0v) is 34.9. The zero-order chi connectivity index (χ0) is 16.5. The van der Waals surface area contributed by atoms with Gasteiger partial charge in [0.2, 0.25) is 0 Å². The third-order valence-corrected chi connectivity index (χ3v) is 0. The van der Waals surface area contributed by atoms with Crippen LogP contribution in [0.3, 0.4) is 0 Å². The summed E-state index contributed by atoms with van der Waals surface area (Å²) in [5.41, 5.74) is 0. The van der Waals surface area contributed by atoms with Crippen molar-refractivity contribution in [2.24, 2.45) is 0 Å². The van der Waals surface area contributed by atoms with Crippen LogP contribution in [0, 0.1) is 71.0 Å². The Balaban J connectivity index is -0.00000000355. The summed E-state index contributed by atoms with van der Waals surface area (Å²) in [5.74, 6) is 0. The maximum atomic E-state index is 8.66. The molecule has 0 saturated carbocycles. The Morgan fingerprint density at radius 1 is 0.583 bits per heavy atom. The molecule has 99 valence electrons. The van der Waals surface area contributed by atoms with Crippen LogP contribution < -0.4 is 318 Å². The van der Waals surface area contributed by atoms with E-state index in [0.717, 1.165) is 0 Å². The minimum atomic E-state index is -5.14. The van der Waals surface area contributed by atoms with Crippen molar-refractivity contribution in [1.29, 1.82) is 31.6 Å². The first kappa shape index (κ1) is 95.9. The van der Waals surface area contributed by atoms with Crippen molar-refractivity contribution < 1.29 is 346 Å². The average Bonchev–Trinajstić information content (AvgIpc) is 2.41. The van der Waals surface area contributed by atoms with Crippen LogP contribution in [0.15, 0.2) is 0 Å². The minimum Gasteiger partial charge on any atom is -1.00 e. The van der Waals surface area contributed by atoms with E-state index in [-0.39, 0.29) is 327 Å². The second kappa shape index (κ2) is 146. The molecule has 24 heavy (non-hydrogen) atoms. The van der Waals surface area contributed by atoms with Gasteiger partial charge in [0.15, 0.2) is 0 Å². The van der Waals surface area contributed by atoms with Crippen LogP contribution in [0.2, 0.25) is 0 Å². The average molecular weight is 544 g/mol. The van der Waals surface area contributed by atoms with E-state index in [1.54, 1.807) is 0 Å². The summed E-state index contributed by atoms with van der Waals surface area (Å²) in [6.45, 7) is 28.5. The van der Waals surface area contributed by atoms with Gasteiger partial charge in [-0.3, -0.25) is 0 Å². The molecular weight excluding hydrogens is 542 g/mol. The molecule has 0 aliphatic rings. The normalized spacial score (nSPS) is 2.96. The van der Waals surface area contributed by atoms with Crippen LogP contribution in [-0.4, -0.2) is 4.89 Å². The van der Waals surface area contributed by atoms with Crippen LogP contribution >= 0.6 is 7.82 Å². The smallest absolute Gasteiger partial charge is 1.00 e. The van der Waals surface area contributed by atoms with E-state index in [2.05, 4.69) is 0 Å². The molecule has 0 fully saturated rings. The molecule has 0 amide bonds. The predicted molar refractivity (Wildman–Crippen MR) is 40.7 cm³/mol. The molecule has 0 unspecified atom stereocenters. The summed E-state index contributed by atoms with van der Waals surface area (Å²) < 4.78 is 8.66. The summed E-state index contributed by atoms with van der Waals surface area (Å²) >= 11 is 0. The summed E-state index contributed by atoms with van der Waals surface area (Å²) in [6.07, 6.45) is 0. The van der Waals surface area contributed by atoms with Crippen LogP contribution in [0.4, 0.5) is 0 Å². The van der Waals surface area contributed by atoms with Crippen LogP contribution in [0.25, 0.3) is 0 Å². The summed E-state index contributed by atoms with van der Waals surface area (Å²) in [5, 5.41) is 37.5. The molecule has 0 saturated heterocycles.